The van der Waals surface area contributed by atoms with Gasteiger partial charge in [0.25, 0.3) is 0 Å². The lowest BCUT2D eigenvalue weighted by molar-refractivity contribution is -0.185. The molecule has 0 aliphatic carbocycles. The average molecular weight is 368 g/mol. The van der Waals surface area contributed by atoms with Gasteiger partial charge >= 0.3 is 0 Å². The average Bonchev–Trinajstić information content (AvgIpc) is 3.14. The second-order valence-electron chi connectivity index (χ2n) is 6.87. The van der Waals surface area contributed by atoms with E-state index in [0.29, 0.717) is 19.8 Å². The monoisotopic (exact) mass is 368 g/mol. The summed E-state index contributed by atoms with van der Waals surface area (Å²) in [7, 11) is 0. The molecule has 1 spiro atoms. The van der Waals surface area contributed by atoms with E-state index in [9.17, 15) is 4.79 Å². The van der Waals surface area contributed by atoms with Crippen molar-refractivity contribution in [3.8, 4) is 11.5 Å². The summed E-state index contributed by atoms with van der Waals surface area (Å²) in [6.07, 6.45) is 1.62. The molecule has 2 fully saturated rings. The molecule has 0 saturated carbocycles. The van der Waals surface area contributed by atoms with Crippen LogP contribution in [0.2, 0.25) is 0 Å². The third-order valence-corrected chi connectivity index (χ3v) is 4.92. The van der Waals surface area contributed by atoms with E-state index in [-0.39, 0.29) is 5.91 Å². The summed E-state index contributed by atoms with van der Waals surface area (Å²) < 4.78 is 17.2. The lowest BCUT2D eigenvalue weighted by Crippen LogP contribution is -2.47. The standard InChI is InChI=1S/C21H24N2O4/c24-20(16-23-12-10-21(11-13-23)25-14-15-26-21)22-17-6-8-19(9-7-17)27-18-4-2-1-3-5-18/h1-9H,10-16H2,(H,22,24). The van der Waals surface area contributed by atoms with Crippen LogP contribution in [-0.2, 0) is 14.3 Å². The molecule has 0 radical (unpaired) electrons. The number of carbonyl (C=O) groups is 1. The van der Waals surface area contributed by atoms with Crippen LogP contribution in [0.4, 0.5) is 5.69 Å². The summed E-state index contributed by atoms with van der Waals surface area (Å²) in [6, 6.07) is 17.0. The van der Waals surface area contributed by atoms with Gasteiger partial charge in [0, 0.05) is 31.6 Å². The fraction of sp³-hybridized carbons (Fsp3) is 0.381. The Morgan fingerprint density at radius 1 is 0.963 bits per heavy atom. The molecule has 142 valence electrons. The van der Waals surface area contributed by atoms with Crippen molar-refractivity contribution in [2.45, 2.75) is 18.6 Å². The second-order valence-corrected chi connectivity index (χ2v) is 6.87. The third kappa shape index (κ3) is 4.66. The van der Waals surface area contributed by atoms with Crippen molar-refractivity contribution in [1.29, 1.82) is 0 Å². The topological polar surface area (TPSA) is 60.0 Å². The van der Waals surface area contributed by atoms with Gasteiger partial charge in [0.05, 0.1) is 19.8 Å². The summed E-state index contributed by atoms with van der Waals surface area (Å²) in [5.41, 5.74) is 0.761. The predicted octanol–water partition coefficient (Wildman–Crippen LogP) is 3.26. The number of amides is 1. The Kier molecular flexibility index (Phi) is 5.38. The molecule has 27 heavy (non-hydrogen) atoms. The van der Waals surface area contributed by atoms with Crippen molar-refractivity contribution in [3.05, 3.63) is 54.6 Å². The molecule has 0 unspecified atom stereocenters. The smallest absolute Gasteiger partial charge is 0.238 e. The molecular weight excluding hydrogens is 344 g/mol. The first-order chi connectivity index (χ1) is 13.2. The zero-order valence-electron chi connectivity index (χ0n) is 15.2. The highest BCUT2D eigenvalue weighted by molar-refractivity contribution is 5.92. The van der Waals surface area contributed by atoms with E-state index in [0.717, 1.165) is 43.1 Å². The van der Waals surface area contributed by atoms with Gasteiger partial charge in [-0.15, -0.1) is 0 Å². The van der Waals surface area contributed by atoms with Crippen LogP contribution in [-0.4, -0.2) is 49.4 Å². The molecule has 0 aromatic heterocycles. The van der Waals surface area contributed by atoms with Crippen LogP contribution in [0.5, 0.6) is 11.5 Å². The number of para-hydroxylation sites is 1. The summed E-state index contributed by atoms with van der Waals surface area (Å²) in [4.78, 5) is 14.5. The minimum absolute atomic E-state index is 0.0177. The van der Waals surface area contributed by atoms with Crippen LogP contribution in [0, 0.1) is 0 Å². The van der Waals surface area contributed by atoms with Gasteiger partial charge in [0.1, 0.15) is 11.5 Å². The van der Waals surface area contributed by atoms with Crippen molar-refractivity contribution in [1.82, 2.24) is 4.90 Å². The van der Waals surface area contributed by atoms with E-state index >= 15 is 0 Å². The third-order valence-electron chi connectivity index (χ3n) is 4.92. The predicted molar refractivity (Wildman–Crippen MR) is 102 cm³/mol. The minimum Gasteiger partial charge on any atom is -0.457 e. The summed E-state index contributed by atoms with van der Waals surface area (Å²) in [5.74, 6) is 1.10. The Hall–Kier alpha value is -2.41. The Morgan fingerprint density at radius 2 is 1.59 bits per heavy atom. The van der Waals surface area contributed by atoms with Crippen molar-refractivity contribution >= 4 is 11.6 Å². The highest BCUT2D eigenvalue weighted by Crippen LogP contribution is 2.31. The normalized spacial score (nSPS) is 19.1. The summed E-state index contributed by atoms with van der Waals surface area (Å²) in [5, 5.41) is 2.94. The molecule has 2 heterocycles. The molecule has 6 nitrogen and oxygen atoms in total. The fourth-order valence-electron chi connectivity index (χ4n) is 3.47. The number of anilines is 1. The molecule has 2 saturated heterocycles. The van der Waals surface area contributed by atoms with Crippen LogP contribution in [0.15, 0.2) is 54.6 Å². The molecule has 2 aromatic rings. The summed E-state index contributed by atoms with van der Waals surface area (Å²) in [6.45, 7) is 3.32. The van der Waals surface area contributed by atoms with E-state index in [1.165, 1.54) is 0 Å². The fourth-order valence-corrected chi connectivity index (χ4v) is 3.47. The Bertz CT molecular complexity index is 748. The number of rotatable bonds is 5. The minimum atomic E-state index is -0.401. The number of benzene rings is 2. The van der Waals surface area contributed by atoms with Crippen molar-refractivity contribution in [3.63, 3.8) is 0 Å². The molecule has 6 heteroatoms. The Morgan fingerprint density at radius 3 is 2.26 bits per heavy atom. The number of nitrogens with one attached hydrogen (secondary N) is 1. The van der Waals surface area contributed by atoms with E-state index in [2.05, 4.69) is 10.2 Å². The van der Waals surface area contributed by atoms with Gasteiger partial charge in [-0.2, -0.15) is 0 Å². The van der Waals surface area contributed by atoms with Gasteiger partial charge in [-0.1, -0.05) is 18.2 Å². The SMILES string of the molecule is O=C(CN1CCC2(CC1)OCCO2)Nc1ccc(Oc2ccccc2)cc1. The first-order valence-corrected chi connectivity index (χ1v) is 9.34. The van der Waals surface area contributed by atoms with Crippen LogP contribution in [0.25, 0.3) is 0 Å². The van der Waals surface area contributed by atoms with Crippen LogP contribution < -0.4 is 10.1 Å². The van der Waals surface area contributed by atoms with Crippen molar-refractivity contribution < 1.29 is 19.0 Å². The highest BCUT2D eigenvalue weighted by Gasteiger charge is 2.39. The number of hydrogen-bond acceptors (Lipinski definition) is 5. The Balaban J connectivity index is 1.25. The van der Waals surface area contributed by atoms with E-state index in [4.69, 9.17) is 14.2 Å². The van der Waals surface area contributed by atoms with Gasteiger partial charge in [-0.25, -0.2) is 0 Å². The number of nitrogens with zero attached hydrogens (tertiary/aromatic N) is 1. The van der Waals surface area contributed by atoms with Crippen LogP contribution in [0.3, 0.4) is 0 Å². The lowest BCUT2D eigenvalue weighted by atomic mass is 10.0. The first kappa shape index (κ1) is 18.0. The molecule has 1 amide bonds. The largest absolute Gasteiger partial charge is 0.457 e. The molecule has 0 bridgehead atoms. The van der Waals surface area contributed by atoms with Gasteiger partial charge in [0.2, 0.25) is 5.91 Å². The molecule has 0 atom stereocenters. The van der Waals surface area contributed by atoms with E-state index in [1.807, 2.05) is 54.6 Å². The number of piperidine rings is 1. The summed E-state index contributed by atoms with van der Waals surface area (Å²) >= 11 is 0. The Labute approximate surface area is 159 Å². The zero-order chi connectivity index (χ0) is 18.5. The number of carbonyl (C=O) groups excluding carboxylic acids is 1. The number of likely N-dealkylation sites (tertiary alicyclic amines) is 1. The maximum absolute atomic E-state index is 12.3. The molecule has 4 rings (SSSR count). The van der Waals surface area contributed by atoms with Gasteiger partial charge in [0.15, 0.2) is 5.79 Å². The number of hydrogen-bond donors (Lipinski definition) is 1. The maximum atomic E-state index is 12.3. The number of ether oxygens (including phenoxy) is 3. The quantitative estimate of drug-likeness (QED) is 0.878. The van der Waals surface area contributed by atoms with Gasteiger partial charge in [-0.3, -0.25) is 9.69 Å². The van der Waals surface area contributed by atoms with Gasteiger partial charge < -0.3 is 19.5 Å². The van der Waals surface area contributed by atoms with E-state index < -0.39 is 5.79 Å². The molecule has 2 aliphatic rings. The highest BCUT2D eigenvalue weighted by atomic mass is 16.7. The van der Waals surface area contributed by atoms with Crippen LogP contribution in [0.1, 0.15) is 12.8 Å². The molecule has 2 aromatic carbocycles. The molecular formula is C21H24N2O4. The van der Waals surface area contributed by atoms with Gasteiger partial charge in [-0.05, 0) is 36.4 Å². The van der Waals surface area contributed by atoms with Crippen LogP contribution >= 0.6 is 0 Å². The first-order valence-electron chi connectivity index (χ1n) is 9.34. The van der Waals surface area contributed by atoms with Crippen molar-refractivity contribution in [2.24, 2.45) is 0 Å². The lowest BCUT2D eigenvalue weighted by Gasteiger charge is -2.37. The van der Waals surface area contributed by atoms with Crippen molar-refractivity contribution in [2.75, 3.05) is 38.2 Å². The molecule has 2 aliphatic heterocycles. The van der Waals surface area contributed by atoms with E-state index in [1.54, 1.807) is 0 Å². The second kappa shape index (κ2) is 8.08. The zero-order valence-corrected chi connectivity index (χ0v) is 15.2. The maximum Gasteiger partial charge on any atom is 0.238 e. The molecule has 1 N–H and O–H groups in total.